The second-order valence-corrected chi connectivity index (χ2v) is 15.4. The molecule has 4 amide bonds. The van der Waals surface area contributed by atoms with Crippen LogP contribution in [0, 0.1) is 11.8 Å². The average molecular weight is 669 g/mol. The summed E-state index contributed by atoms with van der Waals surface area (Å²) in [4.78, 5) is 80.0. The van der Waals surface area contributed by atoms with E-state index in [2.05, 4.69) is 22.5 Å². The standard InChI is InChI=1S/C31H48N4O8S2/c1-5-10-22(26(37)28(39)32-17-24(36)42-13-6-2)33-27(38)23-16-31(44-14-15-45-31)19-35(23)29(40)25(21-11-8-7-9-12-21)34-30(41)43-18-20(3)4/h6,20-23,25H,2,5,7-19H2,1,3-4H3,(H,32,39)(H,33,38)(H,34,41)/t22?,23-,25?/m0/s1. The maximum absolute atomic E-state index is 14.3. The van der Waals surface area contributed by atoms with E-state index in [0.29, 0.717) is 19.4 Å². The quantitative estimate of drug-likeness (QED) is 0.135. The van der Waals surface area contributed by atoms with Gasteiger partial charge in [0.15, 0.2) is 0 Å². The van der Waals surface area contributed by atoms with E-state index < -0.39 is 54.3 Å². The predicted molar refractivity (Wildman–Crippen MR) is 173 cm³/mol. The van der Waals surface area contributed by atoms with E-state index in [1.165, 1.54) is 6.08 Å². The van der Waals surface area contributed by atoms with Crippen molar-refractivity contribution in [2.75, 3.05) is 37.8 Å². The Balaban J connectivity index is 1.78. The van der Waals surface area contributed by atoms with Crippen LogP contribution in [0.1, 0.15) is 72.1 Å². The first-order valence-corrected chi connectivity index (χ1v) is 17.9. The lowest BCUT2D eigenvalue weighted by molar-refractivity contribution is -0.145. The zero-order valence-electron chi connectivity index (χ0n) is 26.6. The van der Waals surface area contributed by atoms with Gasteiger partial charge in [0.2, 0.25) is 17.6 Å². The first-order valence-electron chi connectivity index (χ1n) is 15.9. The fourth-order valence-electron chi connectivity index (χ4n) is 5.88. The van der Waals surface area contributed by atoms with E-state index in [9.17, 15) is 28.8 Å². The number of ether oxygens (including phenoxy) is 2. The van der Waals surface area contributed by atoms with Crippen molar-refractivity contribution < 1.29 is 38.2 Å². The number of rotatable bonds is 15. The zero-order valence-corrected chi connectivity index (χ0v) is 28.2. The van der Waals surface area contributed by atoms with Crippen molar-refractivity contribution in [1.82, 2.24) is 20.9 Å². The second kappa shape index (κ2) is 17.8. The van der Waals surface area contributed by atoms with Gasteiger partial charge in [-0.05, 0) is 31.1 Å². The lowest BCUT2D eigenvalue weighted by Crippen LogP contribution is -2.58. The number of Topliss-reactive ketones (excluding diaryl/α,β-unsaturated/α-hetero) is 1. The van der Waals surface area contributed by atoms with Crippen molar-refractivity contribution in [2.24, 2.45) is 11.8 Å². The molecule has 3 fully saturated rings. The van der Waals surface area contributed by atoms with Gasteiger partial charge in [-0.15, -0.1) is 23.5 Å². The summed E-state index contributed by atoms with van der Waals surface area (Å²) in [6, 6.07) is -2.87. The van der Waals surface area contributed by atoms with Gasteiger partial charge in [0.1, 0.15) is 25.2 Å². The topological polar surface area (TPSA) is 160 Å². The van der Waals surface area contributed by atoms with Crippen molar-refractivity contribution in [3.05, 3.63) is 12.7 Å². The van der Waals surface area contributed by atoms with Gasteiger partial charge in [-0.2, -0.15) is 0 Å². The summed E-state index contributed by atoms with van der Waals surface area (Å²) in [6.07, 6.45) is 6.33. The van der Waals surface area contributed by atoms with Crippen molar-refractivity contribution in [1.29, 1.82) is 0 Å². The fourth-order valence-corrected chi connectivity index (χ4v) is 9.13. The summed E-state index contributed by atoms with van der Waals surface area (Å²) >= 11 is 3.44. The van der Waals surface area contributed by atoms with Crippen molar-refractivity contribution >= 4 is 59.1 Å². The Morgan fingerprint density at radius 3 is 2.33 bits per heavy atom. The molecule has 2 saturated heterocycles. The van der Waals surface area contributed by atoms with E-state index in [0.717, 1.165) is 43.6 Å². The number of likely N-dealkylation sites (tertiary alicyclic amines) is 1. The molecule has 12 nitrogen and oxygen atoms in total. The number of hydrogen-bond acceptors (Lipinski definition) is 10. The van der Waals surface area contributed by atoms with E-state index in [4.69, 9.17) is 9.47 Å². The molecule has 0 aromatic rings. The lowest BCUT2D eigenvalue weighted by atomic mass is 9.83. The molecule has 2 heterocycles. The predicted octanol–water partition coefficient (Wildman–Crippen LogP) is 2.79. The Bertz CT molecular complexity index is 1090. The molecule has 14 heteroatoms. The number of thioether (sulfide) groups is 2. The van der Waals surface area contributed by atoms with Crippen molar-refractivity contribution in [3.63, 3.8) is 0 Å². The molecule has 2 unspecified atom stereocenters. The number of hydrogen-bond donors (Lipinski definition) is 3. The molecule has 0 aromatic carbocycles. The summed E-state index contributed by atoms with van der Waals surface area (Å²) in [5.41, 5.74) is 0. The molecule has 3 N–H and O–H groups in total. The van der Waals surface area contributed by atoms with E-state index in [-0.39, 0.29) is 41.5 Å². The highest BCUT2D eigenvalue weighted by atomic mass is 32.2. The number of ketones is 1. The Labute approximate surface area is 274 Å². The average Bonchev–Trinajstić information content (AvgIpc) is 3.66. The van der Waals surface area contributed by atoms with Gasteiger partial charge in [0.05, 0.1) is 16.7 Å². The van der Waals surface area contributed by atoms with Crippen LogP contribution < -0.4 is 16.0 Å². The molecule has 0 bridgehead atoms. The Kier molecular flexibility index (Phi) is 14.5. The second-order valence-electron chi connectivity index (χ2n) is 12.2. The molecule has 252 valence electrons. The van der Waals surface area contributed by atoms with Crippen LogP contribution in [0.4, 0.5) is 4.79 Å². The molecule has 45 heavy (non-hydrogen) atoms. The zero-order chi connectivity index (χ0) is 33.0. The van der Waals surface area contributed by atoms with Crippen LogP contribution in [0.3, 0.4) is 0 Å². The SMILES string of the molecule is C=CCOC(=O)CNC(=O)C(=O)C(CCC)NC(=O)[C@@H]1CC2(CN1C(=O)C(NC(=O)OCC(C)C)C1CCCCC1)SCCS2. The van der Waals surface area contributed by atoms with Gasteiger partial charge in [0, 0.05) is 24.5 Å². The first-order chi connectivity index (χ1) is 21.5. The highest BCUT2D eigenvalue weighted by Crippen LogP contribution is 2.52. The van der Waals surface area contributed by atoms with Crippen LogP contribution in [-0.4, -0.2) is 100 Å². The molecule has 0 aromatic heterocycles. The van der Waals surface area contributed by atoms with Gasteiger partial charge >= 0.3 is 12.1 Å². The molecule has 3 aliphatic rings. The number of nitrogens with zero attached hydrogens (tertiary/aromatic N) is 1. The summed E-state index contributed by atoms with van der Waals surface area (Å²) in [5.74, 6) is -1.65. The minimum absolute atomic E-state index is 0.0257. The maximum Gasteiger partial charge on any atom is 0.407 e. The highest BCUT2D eigenvalue weighted by Gasteiger charge is 2.53. The molecule has 3 atom stereocenters. The largest absolute Gasteiger partial charge is 0.460 e. The molecular weight excluding hydrogens is 620 g/mol. The Hall–Kier alpha value is -2.74. The van der Waals surface area contributed by atoms with E-state index >= 15 is 0 Å². The third kappa shape index (κ3) is 10.7. The van der Waals surface area contributed by atoms with E-state index in [1.54, 1.807) is 28.4 Å². The third-order valence-corrected chi connectivity index (χ3v) is 11.5. The minimum Gasteiger partial charge on any atom is -0.460 e. The number of alkyl carbamates (subject to hydrolysis) is 1. The summed E-state index contributed by atoms with van der Waals surface area (Å²) < 4.78 is 9.82. The molecule has 1 spiro atoms. The van der Waals surface area contributed by atoms with Crippen molar-refractivity contribution in [3.8, 4) is 0 Å². The molecule has 1 aliphatic carbocycles. The molecule has 3 rings (SSSR count). The van der Waals surface area contributed by atoms with Crippen molar-refractivity contribution in [2.45, 2.75) is 94.3 Å². The Morgan fingerprint density at radius 2 is 1.71 bits per heavy atom. The number of nitrogens with one attached hydrogen (secondary N) is 3. The maximum atomic E-state index is 14.3. The van der Waals surface area contributed by atoms with Crippen LogP contribution in [0.2, 0.25) is 0 Å². The summed E-state index contributed by atoms with van der Waals surface area (Å²) in [6.45, 7) is 9.15. The van der Waals surface area contributed by atoms with Crippen LogP contribution in [0.15, 0.2) is 12.7 Å². The monoisotopic (exact) mass is 668 g/mol. The minimum atomic E-state index is -1.14. The smallest absolute Gasteiger partial charge is 0.407 e. The highest BCUT2D eigenvalue weighted by molar-refractivity contribution is 8.21. The molecular formula is C31H48N4O8S2. The van der Waals surface area contributed by atoms with Gasteiger partial charge < -0.3 is 30.3 Å². The lowest BCUT2D eigenvalue weighted by Gasteiger charge is -2.34. The number of esters is 1. The third-order valence-electron chi connectivity index (χ3n) is 8.09. The summed E-state index contributed by atoms with van der Waals surface area (Å²) in [7, 11) is 0. The number of carbonyl (C=O) groups excluding carboxylic acids is 6. The Morgan fingerprint density at radius 1 is 1.02 bits per heavy atom. The van der Waals surface area contributed by atoms with Gasteiger partial charge in [-0.3, -0.25) is 24.0 Å². The van der Waals surface area contributed by atoms with Crippen LogP contribution in [-0.2, 0) is 33.4 Å². The van der Waals surface area contributed by atoms with Crippen LogP contribution >= 0.6 is 23.5 Å². The van der Waals surface area contributed by atoms with Gasteiger partial charge in [0.25, 0.3) is 5.91 Å². The van der Waals surface area contributed by atoms with Crippen LogP contribution in [0.5, 0.6) is 0 Å². The molecule has 2 aliphatic heterocycles. The summed E-state index contributed by atoms with van der Waals surface area (Å²) in [5, 5.41) is 7.84. The fraction of sp³-hybridized carbons (Fsp3) is 0.742. The number of amides is 4. The van der Waals surface area contributed by atoms with E-state index in [1.807, 2.05) is 20.8 Å². The molecule has 0 radical (unpaired) electrons. The first kappa shape index (κ1) is 36.7. The molecule has 1 saturated carbocycles. The van der Waals surface area contributed by atoms with Gasteiger partial charge in [-0.1, -0.05) is 59.1 Å². The van der Waals surface area contributed by atoms with Gasteiger partial charge in [-0.25, -0.2) is 4.79 Å². The van der Waals surface area contributed by atoms with Crippen LogP contribution in [0.25, 0.3) is 0 Å². The number of carbonyl (C=O) groups is 6. The normalized spacial score (nSPS) is 20.7.